The van der Waals surface area contributed by atoms with Crippen molar-refractivity contribution in [1.29, 1.82) is 0 Å². The van der Waals surface area contributed by atoms with Crippen molar-refractivity contribution in [3.8, 4) is 0 Å². The molecule has 4 N–H and O–H groups in total. The Morgan fingerprint density at radius 1 is 1.24 bits per heavy atom. The molecule has 0 saturated carbocycles. The third-order valence-corrected chi connectivity index (χ3v) is 3.89. The summed E-state index contributed by atoms with van der Waals surface area (Å²) >= 11 is 0. The van der Waals surface area contributed by atoms with Gasteiger partial charge in [0.2, 0.25) is 0 Å². The van der Waals surface area contributed by atoms with Gasteiger partial charge in [0.15, 0.2) is 0 Å². The summed E-state index contributed by atoms with van der Waals surface area (Å²) in [6, 6.07) is 6.20. The number of carbonyl (C=O) groups is 1. The molecule has 7 heteroatoms. The highest BCUT2D eigenvalue weighted by Gasteiger charge is 2.35. The van der Waals surface area contributed by atoms with E-state index in [4.69, 9.17) is 10.8 Å². The quantitative estimate of drug-likeness (QED) is 0.662. The molecule has 1 aliphatic heterocycles. The number of fused-ring (bicyclic) bond motifs is 1. The Balaban J connectivity index is 2.08. The van der Waals surface area contributed by atoms with Crippen LogP contribution in [0.1, 0.15) is 6.04 Å². The van der Waals surface area contributed by atoms with Gasteiger partial charge in [-0.2, -0.15) is 0 Å². The topological polar surface area (TPSA) is 109 Å². The molecule has 0 aliphatic carbocycles. The Morgan fingerprint density at radius 3 is 2.67 bits per heavy atom. The number of aliphatic hydroxyl groups excluding tert-OH is 1. The first-order valence-electron chi connectivity index (χ1n) is 6.54. The summed E-state index contributed by atoms with van der Waals surface area (Å²) in [6.07, 6.45) is -0.452. The predicted octanol–water partition coefficient (Wildman–Crippen LogP) is 0.479. The fourth-order valence-electron chi connectivity index (χ4n) is 2.78. The van der Waals surface area contributed by atoms with Crippen LogP contribution in [-0.4, -0.2) is 45.0 Å². The number of nitrogen functional groups attached to an aromatic ring is 1. The van der Waals surface area contributed by atoms with Crippen LogP contribution in [0.25, 0.3) is 10.8 Å². The van der Waals surface area contributed by atoms with Crippen LogP contribution in [-0.2, 0) is 0 Å². The van der Waals surface area contributed by atoms with Gasteiger partial charge in [-0.3, -0.25) is 4.79 Å². The number of hydrogen-bond donors (Lipinski definition) is 3. The Kier molecular flexibility index (Phi) is 3.06. The number of aromatic nitrogens is 1. The van der Waals surface area contributed by atoms with Crippen molar-refractivity contribution < 1.29 is 15.0 Å². The second kappa shape index (κ2) is 4.78. The number of hydrogen-bond acceptors (Lipinski definition) is 4. The maximum absolute atomic E-state index is 12.5. The molecular formula is C14H15N3O4. The van der Waals surface area contributed by atoms with Crippen molar-refractivity contribution in [3.63, 3.8) is 0 Å². The lowest BCUT2D eigenvalue weighted by atomic mass is 10.1. The zero-order valence-electron chi connectivity index (χ0n) is 11.1. The molecule has 0 spiro atoms. The maximum atomic E-state index is 12.5. The van der Waals surface area contributed by atoms with Crippen LogP contribution >= 0.6 is 0 Å². The first kappa shape index (κ1) is 13.4. The van der Waals surface area contributed by atoms with Crippen LogP contribution in [0.5, 0.6) is 0 Å². The average molecular weight is 289 g/mol. The van der Waals surface area contributed by atoms with Gasteiger partial charge in [0.1, 0.15) is 0 Å². The van der Waals surface area contributed by atoms with Crippen LogP contribution in [0.2, 0.25) is 0 Å². The fourth-order valence-corrected chi connectivity index (χ4v) is 2.78. The lowest BCUT2D eigenvalue weighted by Gasteiger charge is -2.17. The molecule has 2 atom stereocenters. The number of carboxylic acid groups (broad SMARTS) is 1. The molecule has 3 rings (SSSR count). The van der Waals surface area contributed by atoms with E-state index in [0.717, 1.165) is 4.90 Å². The number of amides is 1. The molecule has 0 bridgehead atoms. The van der Waals surface area contributed by atoms with Crippen molar-refractivity contribution in [3.05, 3.63) is 40.8 Å². The van der Waals surface area contributed by atoms with Gasteiger partial charge in [-0.25, -0.2) is 4.79 Å². The van der Waals surface area contributed by atoms with E-state index in [2.05, 4.69) is 0 Å². The highest BCUT2D eigenvalue weighted by atomic mass is 16.4. The summed E-state index contributed by atoms with van der Waals surface area (Å²) in [7, 11) is 0. The van der Waals surface area contributed by atoms with Gasteiger partial charge in [-0.1, -0.05) is 6.07 Å². The Labute approximate surface area is 119 Å². The molecule has 1 amide bonds. The third kappa shape index (κ3) is 2.11. The Bertz CT molecular complexity index is 770. The molecule has 1 aromatic heterocycles. The fraction of sp³-hybridized carbons (Fsp3) is 0.286. The van der Waals surface area contributed by atoms with Crippen molar-refractivity contribution in [2.45, 2.75) is 12.1 Å². The number of anilines is 1. The summed E-state index contributed by atoms with van der Waals surface area (Å²) in [5, 5.41) is 20.1. The molecule has 2 aromatic rings. The molecule has 110 valence electrons. The van der Waals surface area contributed by atoms with Crippen LogP contribution in [0.4, 0.5) is 10.5 Å². The molecule has 1 fully saturated rings. The largest absolute Gasteiger partial charge is 0.465 e. The van der Waals surface area contributed by atoms with Crippen molar-refractivity contribution in [2.75, 3.05) is 18.8 Å². The van der Waals surface area contributed by atoms with Gasteiger partial charge in [-0.05, 0) is 18.2 Å². The SMILES string of the molecule is Nc1cccc2c(=O)n(C3CN(C(=O)O)CC3O)ccc12. The summed E-state index contributed by atoms with van der Waals surface area (Å²) in [4.78, 5) is 24.6. The lowest BCUT2D eigenvalue weighted by molar-refractivity contribution is 0.132. The smallest absolute Gasteiger partial charge is 0.407 e. The van der Waals surface area contributed by atoms with Crippen molar-refractivity contribution in [2.24, 2.45) is 0 Å². The van der Waals surface area contributed by atoms with E-state index in [1.807, 2.05) is 0 Å². The minimum atomic E-state index is -1.10. The van der Waals surface area contributed by atoms with E-state index in [0.29, 0.717) is 16.5 Å². The number of aliphatic hydroxyl groups is 1. The standard InChI is InChI=1S/C14H15N3O4/c15-10-3-1-2-9-8(10)4-5-17(13(9)19)11-6-16(14(20)21)7-12(11)18/h1-5,11-12,18H,6-7,15H2,(H,20,21). The maximum Gasteiger partial charge on any atom is 0.407 e. The minimum absolute atomic E-state index is 0.00139. The van der Waals surface area contributed by atoms with E-state index in [9.17, 15) is 14.7 Å². The number of likely N-dealkylation sites (tertiary alicyclic amines) is 1. The summed E-state index contributed by atoms with van der Waals surface area (Å²) < 4.78 is 1.38. The van der Waals surface area contributed by atoms with Gasteiger partial charge in [-0.15, -0.1) is 0 Å². The Morgan fingerprint density at radius 2 is 2.00 bits per heavy atom. The third-order valence-electron chi connectivity index (χ3n) is 3.89. The van der Waals surface area contributed by atoms with Gasteiger partial charge >= 0.3 is 6.09 Å². The van der Waals surface area contributed by atoms with Crippen molar-refractivity contribution in [1.82, 2.24) is 9.47 Å². The Hall–Kier alpha value is -2.54. The molecule has 21 heavy (non-hydrogen) atoms. The highest BCUT2D eigenvalue weighted by molar-refractivity contribution is 5.91. The molecule has 1 saturated heterocycles. The number of nitrogens with two attached hydrogens (primary N) is 1. The summed E-state index contributed by atoms with van der Waals surface area (Å²) in [5.41, 5.74) is 6.06. The zero-order chi connectivity index (χ0) is 15.1. The second-order valence-electron chi connectivity index (χ2n) is 5.16. The molecule has 1 aliphatic rings. The van der Waals surface area contributed by atoms with Gasteiger partial charge in [0.25, 0.3) is 5.56 Å². The van der Waals surface area contributed by atoms with E-state index < -0.39 is 18.2 Å². The zero-order valence-corrected chi connectivity index (χ0v) is 11.1. The molecule has 2 unspecified atom stereocenters. The van der Waals surface area contributed by atoms with Gasteiger partial charge < -0.3 is 25.4 Å². The van der Waals surface area contributed by atoms with Crippen LogP contribution in [0.3, 0.4) is 0 Å². The average Bonchev–Trinajstić information content (AvgIpc) is 2.82. The monoisotopic (exact) mass is 289 g/mol. The summed E-state index contributed by atoms with van der Waals surface area (Å²) in [6.45, 7) is 0.0889. The number of pyridine rings is 1. The summed E-state index contributed by atoms with van der Waals surface area (Å²) in [5.74, 6) is 0. The molecule has 2 heterocycles. The molecular weight excluding hydrogens is 274 g/mol. The number of nitrogens with zero attached hydrogens (tertiary/aromatic N) is 2. The van der Waals surface area contributed by atoms with Crippen LogP contribution in [0, 0.1) is 0 Å². The van der Waals surface area contributed by atoms with Crippen LogP contribution < -0.4 is 11.3 Å². The normalized spacial score (nSPS) is 21.9. The van der Waals surface area contributed by atoms with Gasteiger partial charge in [0.05, 0.1) is 18.7 Å². The highest BCUT2D eigenvalue weighted by Crippen LogP contribution is 2.23. The lowest BCUT2D eigenvalue weighted by Crippen LogP contribution is -2.31. The molecule has 0 radical (unpaired) electrons. The molecule has 1 aromatic carbocycles. The number of rotatable bonds is 1. The van der Waals surface area contributed by atoms with Crippen LogP contribution in [0.15, 0.2) is 35.3 Å². The van der Waals surface area contributed by atoms with Crippen molar-refractivity contribution >= 4 is 22.6 Å². The number of benzene rings is 1. The second-order valence-corrected chi connectivity index (χ2v) is 5.16. The van der Waals surface area contributed by atoms with E-state index in [-0.39, 0.29) is 18.6 Å². The first-order chi connectivity index (χ1) is 9.99. The van der Waals surface area contributed by atoms with E-state index in [1.54, 1.807) is 30.5 Å². The molecule has 7 nitrogen and oxygen atoms in total. The van der Waals surface area contributed by atoms with E-state index >= 15 is 0 Å². The van der Waals surface area contributed by atoms with E-state index in [1.165, 1.54) is 4.57 Å². The number of β-amino-alcohol motifs (C(OH)–C–C–N with tert-alkyl or cyclic N) is 1. The van der Waals surface area contributed by atoms with Gasteiger partial charge in [0, 0.05) is 29.2 Å². The first-order valence-corrected chi connectivity index (χ1v) is 6.54. The predicted molar refractivity (Wildman–Crippen MR) is 77.3 cm³/mol. The minimum Gasteiger partial charge on any atom is -0.465 e.